The molecule has 1 aliphatic rings. The molecule has 0 atom stereocenters. The number of piperazine rings is 1. The van der Waals surface area contributed by atoms with E-state index in [1.165, 1.54) is 6.07 Å². The molecule has 0 spiro atoms. The van der Waals surface area contributed by atoms with E-state index >= 15 is 0 Å². The van der Waals surface area contributed by atoms with Gasteiger partial charge in [0.15, 0.2) is 0 Å². The average molecular weight is 381 g/mol. The monoisotopic (exact) mass is 380 g/mol. The van der Waals surface area contributed by atoms with E-state index in [0.717, 1.165) is 49.5 Å². The van der Waals surface area contributed by atoms with Crippen LogP contribution in [-0.4, -0.2) is 41.3 Å². The Bertz CT molecular complexity index is 756. The van der Waals surface area contributed by atoms with Gasteiger partial charge in [0.1, 0.15) is 10.3 Å². The van der Waals surface area contributed by atoms with Crippen LogP contribution in [0.3, 0.4) is 0 Å². The first kappa shape index (κ1) is 16.1. The Morgan fingerprint density at radius 1 is 1.30 bits per heavy atom. The summed E-state index contributed by atoms with van der Waals surface area (Å²) in [4.78, 5) is 16.1. The van der Waals surface area contributed by atoms with E-state index < -0.39 is 0 Å². The van der Waals surface area contributed by atoms with Gasteiger partial charge in [0.05, 0.1) is 11.9 Å². The Hall–Kier alpha value is -1.73. The van der Waals surface area contributed by atoms with Crippen molar-refractivity contribution in [2.75, 3.05) is 31.1 Å². The minimum atomic E-state index is -0.216. The summed E-state index contributed by atoms with van der Waals surface area (Å²) in [7, 11) is 0. The maximum Gasteiger partial charge on any atom is 0.280 e. The average Bonchev–Trinajstić information content (AvgIpc) is 2.54. The molecule has 0 radical (unpaired) electrons. The van der Waals surface area contributed by atoms with Crippen LogP contribution in [0.15, 0.2) is 33.7 Å². The van der Waals surface area contributed by atoms with Crippen LogP contribution in [0, 0.1) is 12.7 Å². The molecule has 1 aromatic heterocycles. The SMILES string of the molecule is Cc1cc(F)ccc1CN1CCN(c2cn[nH]c(=O)c2Br)CC1. The van der Waals surface area contributed by atoms with Crippen molar-refractivity contribution < 1.29 is 4.39 Å². The van der Waals surface area contributed by atoms with E-state index in [1.54, 1.807) is 12.3 Å². The number of H-pyrrole nitrogens is 1. The third-order valence-corrected chi connectivity index (χ3v) is 4.96. The summed E-state index contributed by atoms with van der Waals surface area (Å²) in [6.45, 7) is 6.17. The number of aromatic amines is 1. The van der Waals surface area contributed by atoms with E-state index in [0.29, 0.717) is 4.47 Å². The summed E-state index contributed by atoms with van der Waals surface area (Å²) in [5.41, 5.74) is 2.74. The molecule has 0 bridgehead atoms. The molecule has 5 nitrogen and oxygen atoms in total. The van der Waals surface area contributed by atoms with E-state index in [-0.39, 0.29) is 11.4 Å². The molecular formula is C16H18BrFN4O. The maximum absolute atomic E-state index is 13.2. The van der Waals surface area contributed by atoms with Crippen molar-refractivity contribution in [1.82, 2.24) is 15.1 Å². The lowest BCUT2D eigenvalue weighted by atomic mass is 10.1. The zero-order valence-corrected chi connectivity index (χ0v) is 14.4. The van der Waals surface area contributed by atoms with Gasteiger partial charge in [-0.2, -0.15) is 5.10 Å². The molecule has 1 aromatic carbocycles. The highest BCUT2D eigenvalue weighted by atomic mass is 79.9. The van der Waals surface area contributed by atoms with Gasteiger partial charge >= 0.3 is 0 Å². The van der Waals surface area contributed by atoms with Crippen LogP contribution < -0.4 is 10.5 Å². The molecule has 1 aliphatic heterocycles. The fraction of sp³-hybridized carbons (Fsp3) is 0.375. The first-order valence-corrected chi connectivity index (χ1v) is 8.29. The van der Waals surface area contributed by atoms with Crippen molar-refractivity contribution in [3.05, 3.63) is 56.2 Å². The lowest BCUT2D eigenvalue weighted by Gasteiger charge is -2.36. The molecule has 23 heavy (non-hydrogen) atoms. The summed E-state index contributed by atoms with van der Waals surface area (Å²) < 4.78 is 13.7. The lowest BCUT2D eigenvalue weighted by Crippen LogP contribution is -2.46. The van der Waals surface area contributed by atoms with Gasteiger partial charge in [-0.05, 0) is 46.1 Å². The fourth-order valence-electron chi connectivity index (χ4n) is 2.82. The van der Waals surface area contributed by atoms with Crippen molar-refractivity contribution in [3.63, 3.8) is 0 Å². The number of hydrogen-bond donors (Lipinski definition) is 1. The molecule has 1 fully saturated rings. The normalized spacial score (nSPS) is 15.9. The molecule has 0 amide bonds. The molecule has 2 aromatic rings. The van der Waals surface area contributed by atoms with Gasteiger partial charge in [-0.25, -0.2) is 9.49 Å². The predicted octanol–water partition coefficient (Wildman–Crippen LogP) is 2.30. The zero-order chi connectivity index (χ0) is 16.4. The standard InChI is InChI=1S/C16H18BrFN4O/c1-11-8-13(18)3-2-12(11)10-21-4-6-22(7-5-21)14-9-19-20-16(23)15(14)17/h2-3,8-9H,4-7,10H2,1H3,(H,20,23). The molecule has 1 N–H and O–H groups in total. The Labute approximate surface area is 142 Å². The number of anilines is 1. The second-order valence-electron chi connectivity index (χ2n) is 5.73. The molecule has 7 heteroatoms. The van der Waals surface area contributed by atoms with Crippen molar-refractivity contribution in [1.29, 1.82) is 0 Å². The highest BCUT2D eigenvalue weighted by Crippen LogP contribution is 2.23. The molecule has 122 valence electrons. The molecule has 3 rings (SSSR count). The van der Waals surface area contributed by atoms with Crippen LogP contribution in [0.2, 0.25) is 0 Å². The Morgan fingerprint density at radius 3 is 2.74 bits per heavy atom. The zero-order valence-electron chi connectivity index (χ0n) is 12.9. The quantitative estimate of drug-likeness (QED) is 0.887. The topological polar surface area (TPSA) is 52.2 Å². The summed E-state index contributed by atoms with van der Waals surface area (Å²) in [5.74, 6) is -0.192. The smallest absolute Gasteiger partial charge is 0.280 e. The van der Waals surface area contributed by atoms with Crippen molar-refractivity contribution in [3.8, 4) is 0 Å². The van der Waals surface area contributed by atoms with Crippen molar-refractivity contribution >= 4 is 21.6 Å². The Kier molecular flexibility index (Phi) is 4.77. The van der Waals surface area contributed by atoms with Crippen LogP contribution in [0.5, 0.6) is 0 Å². The van der Waals surface area contributed by atoms with Crippen LogP contribution in [0.4, 0.5) is 10.1 Å². The predicted molar refractivity (Wildman–Crippen MR) is 91.2 cm³/mol. The fourth-order valence-corrected chi connectivity index (χ4v) is 3.26. The number of aromatic nitrogens is 2. The second kappa shape index (κ2) is 6.80. The number of aryl methyl sites for hydroxylation is 1. The van der Waals surface area contributed by atoms with Gasteiger partial charge in [0, 0.05) is 32.7 Å². The lowest BCUT2D eigenvalue weighted by molar-refractivity contribution is 0.249. The largest absolute Gasteiger partial charge is 0.367 e. The van der Waals surface area contributed by atoms with Crippen LogP contribution in [0.1, 0.15) is 11.1 Å². The van der Waals surface area contributed by atoms with Crippen LogP contribution >= 0.6 is 15.9 Å². The number of benzene rings is 1. The van der Waals surface area contributed by atoms with Crippen molar-refractivity contribution in [2.24, 2.45) is 0 Å². The van der Waals surface area contributed by atoms with E-state index in [1.807, 2.05) is 13.0 Å². The molecular weight excluding hydrogens is 363 g/mol. The Morgan fingerprint density at radius 2 is 2.04 bits per heavy atom. The van der Waals surface area contributed by atoms with Gasteiger partial charge in [0.25, 0.3) is 5.56 Å². The van der Waals surface area contributed by atoms with E-state index in [4.69, 9.17) is 0 Å². The third kappa shape index (κ3) is 3.61. The van der Waals surface area contributed by atoms with Gasteiger partial charge in [-0.1, -0.05) is 6.07 Å². The minimum Gasteiger partial charge on any atom is -0.367 e. The summed E-state index contributed by atoms with van der Waals surface area (Å²) >= 11 is 3.33. The highest BCUT2D eigenvalue weighted by molar-refractivity contribution is 9.10. The first-order chi connectivity index (χ1) is 11.0. The molecule has 0 aliphatic carbocycles. The maximum atomic E-state index is 13.2. The first-order valence-electron chi connectivity index (χ1n) is 7.50. The van der Waals surface area contributed by atoms with Gasteiger partial charge in [-0.15, -0.1) is 0 Å². The molecule has 1 saturated heterocycles. The number of rotatable bonds is 3. The van der Waals surface area contributed by atoms with Crippen LogP contribution in [0.25, 0.3) is 0 Å². The van der Waals surface area contributed by atoms with Crippen LogP contribution in [-0.2, 0) is 6.54 Å². The number of nitrogens with zero attached hydrogens (tertiary/aromatic N) is 3. The number of hydrogen-bond acceptors (Lipinski definition) is 4. The summed E-state index contributed by atoms with van der Waals surface area (Å²) in [6.07, 6.45) is 1.67. The number of nitrogens with one attached hydrogen (secondary N) is 1. The Balaban J connectivity index is 1.64. The molecule has 2 heterocycles. The summed E-state index contributed by atoms with van der Waals surface area (Å²) in [6, 6.07) is 4.94. The molecule has 0 unspecified atom stereocenters. The third-order valence-electron chi connectivity index (χ3n) is 4.19. The molecule has 0 saturated carbocycles. The highest BCUT2D eigenvalue weighted by Gasteiger charge is 2.20. The summed E-state index contributed by atoms with van der Waals surface area (Å²) in [5, 5.41) is 6.28. The minimum absolute atomic E-state index is 0.192. The van der Waals surface area contributed by atoms with E-state index in [9.17, 15) is 9.18 Å². The number of halogens is 2. The second-order valence-corrected chi connectivity index (χ2v) is 6.53. The van der Waals surface area contributed by atoms with Gasteiger partial charge in [0.2, 0.25) is 0 Å². The van der Waals surface area contributed by atoms with Gasteiger partial charge in [-0.3, -0.25) is 9.69 Å². The van der Waals surface area contributed by atoms with Crippen molar-refractivity contribution in [2.45, 2.75) is 13.5 Å². The van der Waals surface area contributed by atoms with Gasteiger partial charge < -0.3 is 4.90 Å². The van der Waals surface area contributed by atoms with E-state index in [2.05, 4.69) is 35.9 Å².